The van der Waals surface area contributed by atoms with E-state index in [1.807, 2.05) is 24.3 Å². The van der Waals surface area contributed by atoms with Gasteiger partial charge in [0.1, 0.15) is 0 Å². The van der Waals surface area contributed by atoms with Crippen molar-refractivity contribution in [3.05, 3.63) is 35.4 Å². The number of sulfonamides is 1. The van der Waals surface area contributed by atoms with Gasteiger partial charge in [0.05, 0.1) is 5.75 Å². The van der Waals surface area contributed by atoms with Crippen molar-refractivity contribution in [2.75, 3.05) is 20.6 Å². The van der Waals surface area contributed by atoms with Gasteiger partial charge in [-0.1, -0.05) is 31.2 Å². The van der Waals surface area contributed by atoms with Gasteiger partial charge in [-0.3, -0.25) is 0 Å². The Kier molecular flexibility index (Phi) is 6.44. The number of rotatable bonds is 8. The second kappa shape index (κ2) is 7.59. The van der Waals surface area contributed by atoms with Crippen molar-refractivity contribution in [2.45, 2.75) is 25.6 Å². The second-order valence-electron chi connectivity index (χ2n) is 4.74. The molecule has 0 amide bonds. The highest BCUT2D eigenvalue weighted by Gasteiger charge is 2.12. The molecule has 1 rings (SSSR count). The molecule has 0 saturated carbocycles. The molecule has 1 aromatic carbocycles. The molecule has 0 aliphatic carbocycles. The fraction of sp³-hybridized carbons (Fsp3) is 0.538. The van der Waals surface area contributed by atoms with Crippen LogP contribution in [0, 0.1) is 0 Å². The van der Waals surface area contributed by atoms with Gasteiger partial charge < -0.3 is 5.32 Å². The van der Waals surface area contributed by atoms with E-state index < -0.39 is 10.0 Å². The zero-order valence-electron chi connectivity index (χ0n) is 11.8. The van der Waals surface area contributed by atoms with Crippen LogP contribution < -0.4 is 10.1 Å². The van der Waals surface area contributed by atoms with Gasteiger partial charge in [-0.15, -0.1) is 4.83 Å². The van der Waals surface area contributed by atoms with Gasteiger partial charge in [-0.25, -0.2) is 13.4 Å². The molecule has 0 atom stereocenters. The lowest BCUT2D eigenvalue weighted by molar-refractivity contribution is 0.363. The highest BCUT2D eigenvalue weighted by molar-refractivity contribution is 7.88. The van der Waals surface area contributed by atoms with Crippen LogP contribution in [0.25, 0.3) is 0 Å². The number of nitrogens with one attached hydrogen (secondary N) is 2. The number of hydrogen-bond donors (Lipinski definition) is 2. The van der Waals surface area contributed by atoms with Crippen LogP contribution in [0.1, 0.15) is 24.5 Å². The van der Waals surface area contributed by atoms with Crippen LogP contribution in [-0.2, 0) is 22.3 Å². The summed E-state index contributed by atoms with van der Waals surface area (Å²) in [6, 6.07) is 7.65. The average Bonchev–Trinajstić information content (AvgIpc) is 2.27. The summed E-state index contributed by atoms with van der Waals surface area (Å²) >= 11 is 0. The van der Waals surface area contributed by atoms with E-state index >= 15 is 0 Å². The number of benzene rings is 1. The van der Waals surface area contributed by atoms with Gasteiger partial charge in [-0.05, 0) is 24.1 Å². The molecule has 19 heavy (non-hydrogen) atoms. The first-order valence-corrected chi connectivity index (χ1v) is 8.04. The van der Waals surface area contributed by atoms with Gasteiger partial charge in [0.15, 0.2) is 0 Å². The van der Waals surface area contributed by atoms with Crippen molar-refractivity contribution in [1.82, 2.24) is 15.2 Å². The Bertz CT molecular complexity index is 486. The molecule has 0 bridgehead atoms. The van der Waals surface area contributed by atoms with Gasteiger partial charge in [0.25, 0.3) is 0 Å². The average molecular weight is 285 g/mol. The maximum atomic E-state index is 11.8. The smallest absolute Gasteiger partial charge is 0.228 e. The molecule has 0 aliphatic rings. The summed E-state index contributed by atoms with van der Waals surface area (Å²) in [6.07, 6.45) is 1.08. The van der Waals surface area contributed by atoms with E-state index in [1.165, 1.54) is 5.01 Å². The molecular weight excluding hydrogens is 262 g/mol. The van der Waals surface area contributed by atoms with Crippen LogP contribution >= 0.6 is 0 Å². The van der Waals surface area contributed by atoms with Crippen molar-refractivity contribution in [1.29, 1.82) is 0 Å². The van der Waals surface area contributed by atoms with Crippen molar-refractivity contribution < 1.29 is 8.42 Å². The lowest BCUT2D eigenvalue weighted by atomic mass is 10.1. The first kappa shape index (κ1) is 16.1. The Labute approximate surface area is 116 Å². The molecular formula is C13H23N3O2S. The Hall–Kier alpha value is -0.950. The molecule has 0 spiro atoms. The van der Waals surface area contributed by atoms with Crippen LogP contribution in [0.5, 0.6) is 0 Å². The number of hydrogen-bond acceptors (Lipinski definition) is 4. The minimum atomic E-state index is -3.32. The first-order valence-electron chi connectivity index (χ1n) is 6.39. The van der Waals surface area contributed by atoms with Crippen LogP contribution in [0.3, 0.4) is 0 Å². The first-order chi connectivity index (χ1) is 8.93. The molecule has 0 radical (unpaired) electrons. The summed E-state index contributed by atoms with van der Waals surface area (Å²) in [5, 5.41) is 4.73. The summed E-state index contributed by atoms with van der Waals surface area (Å²) in [6.45, 7) is 3.84. The molecule has 0 heterocycles. The zero-order chi connectivity index (χ0) is 14.3. The van der Waals surface area contributed by atoms with Gasteiger partial charge in [-0.2, -0.15) is 0 Å². The monoisotopic (exact) mass is 285 g/mol. The van der Waals surface area contributed by atoms with E-state index in [4.69, 9.17) is 0 Å². The minimum absolute atomic E-state index is 0.00715. The molecule has 0 aliphatic heterocycles. The lowest BCUT2D eigenvalue weighted by Crippen LogP contribution is -2.36. The maximum absolute atomic E-state index is 11.8. The van der Waals surface area contributed by atoms with Crippen LogP contribution in [-0.4, -0.2) is 34.1 Å². The summed E-state index contributed by atoms with van der Waals surface area (Å²) in [5.41, 5.74) is 1.90. The molecule has 108 valence electrons. The highest BCUT2D eigenvalue weighted by Crippen LogP contribution is 2.08. The van der Waals surface area contributed by atoms with E-state index in [1.54, 1.807) is 14.1 Å². The van der Waals surface area contributed by atoms with Crippen LogP contribution in [0.2, 0.25) is 0 Å². The second-order valence-corrected chi connectivity index (χ2v) is 6.44. The Morgan fingerprint density at radius 2 is 1.89 bits per heavy atom. The predicted octanol–water partition coefficient (Wildman–Crippen LogP) is 1.08. The molecule has 2 N–H and O–H groups in total. The summed E-state index contributed by atoms with van der Waals surface area (Å²) < 4.78 is 23.6. The van der Waals surface area contributed by atoms with Gasteiger partial charge in [0.2, 0.25) is 10.0 Å². The topological polar surface area (TPSA) is 61.4 Å². The normalized spacial score (nSPS) is 12.0. The highest BCUT2D eigenvalue weighted by atomic mass is 32.2. The van der Waals surface area contributed by atoms with E-state index in [9.17, 15) is 8.42 Å². The third-order valence-corrected chi connectivity index (χ3v) is 3.78. The third kappa shape index (κ3) is 6.68. The standard InChI is InChI=1S/C13H23N3O2S/c1-4-8-14-10-12-6-5-7-13(9-12)11-19(17,18)15-16(2)3/h5-7,9,14-15H,4,8,10-11H2,1-3H3. The maximum Gasteiger partial charge on any atom is 0.228 e. The van der Waals surface area contributed by atoms with E-state index in [2.05, 4.69) is 17.1 Å². The molecule has 1 aromatic rings. The van der Waals surface area contributed by atoms with Gasteiger partial charge in [0, 0.05) is 20.6 Å². The third-order valence-electron chi connectivity index (χ3n) is 2.43. The Morgan fingerprint density at radius 1 is 1.21 bits per heavy atom. The molecule has 0 fully saturated rings. The quantitative estimate of drug-likeness (QED) is 0.554. The predicted molar refractivity (Wildman–Crippen MR) is 77.9 cm³/mol. The van der Waals surface area contributed by atoms with E-state index in [0.717, 1.165) is 30.6 Å². The van der Waals surface area contributed by atoms with Crippen molar-refractivity contribution in [2.24, 2.45) is 0 Å². The fourth-order valence-corrected chi connectivity index (χ4v) is 3.01. The van der Waals surface area contributed by atoms with Crippen molar-refractivity contribution in [3.63, 3.8) is 0 Å². The van der Waals surface area contributed by atoms with E-state index in [-0.39, 0.29) is 5.75 Å². The lowest BCUT2D eigenvalue weighted by Gasteiger charge is -2.13. The largest absolute Gasteiger partial charge is 0.313 e. The summed E-state index contributed by atoms with van der Waals surface area (Å²) in [4.78, 5) is 2.43. The molecule has 0 unspecified atom stereocenters. The molecule has 5 nitrogen and oxygen atoms in total. The van der Waals surface area contributed by atoms with E-state index in [0.29, 0.717) is 0 Å². The number of nitrogens with zero attached hydrogens (tertiary/aromatic N) is 1. The molecule has 0 aromatic heterocycles. The fourth-order valence-electron chi connectivity index (χ4n) is 1.77. The van der Waals surface area contributed by atoms with Crippen LogP contribution in [0.15, 0.2) is 24.3 Å². The Balaban J connectivity index is 2.66. The van der Waals surface area contributed by atoms with Gasteiger partial charge >= 0.3 is 0 Å². The zero-order valence-corrected chi connectivity index (χ0v) is 12.6. The summed E-state index contributed by atoms with van der Waals surface area (Å²) in [5.74, 6) is -0.00715. The minimum Gasteiger partial charge on any atom is -0.313 e. The molecule has 0 saturated heterocycles. The Morgan fingerprint density at radius 3 is 2.53 bits per heavy atom. The molecule has 6 heteroatoms. The summed E-state index contributed by atoms with van der Waals surface area (Å²) in [7, 11) is -0.00950. The van der Waals surface area contributed by atoms with Crippen LogP contribution in [0.4, 0.5) is 0 Å². The SMILES string of the molecule is CCCNCc1cccc(CS(=O)(=O)NN(C)C)c1. The number of hydrazine groups is 1. The van der Waals surface area contributed by atoms with Crippen molar-refractivity contribution in [3.8, 4) is 0 Å². The van der Waals surface area contributed by atoms with Crippen molar-refractivity contribution >= 4 is 10.0 Å².